The largest absolute Gasteiger partial charge is 0.455 e. The number of rotatable bonds is 9. The number of aliphatic hydroxyl groups is 2. The molecule has 0 radical (unpaired) electrons. The first kappa shape index (κ1) is 30.2. The second kappa shape index (κ2) is 11.2. The summed E-state index contributed by atoms with van der Waals surface area (Å²) < 4.78 is 12.4. The van der Waals surface area contributed by atoms with Crippen LogP contribution in [0.4, 0.5) is 0 Å². The highest BCUT2D eigenvalue weighted by atomic mass is 16.6. The van der Waals surface area contributed by atoms with Crippen molar-refractivity contribution in [2.24, 2.45) is 35.0 Å². The maximum Gasteiger partial charge on any atom is 0.331 e. The molecule has 0 unspecified atom stereocenters. The molecule has 0 spiro atoms. The molecular weight excluding hydrogens is 508 g/mol. The number of carbonyl (C=O) groups is 3. The van der Waals surface area contributed by atoms with Crippen molar-refractivity contribution in [3.05, 3.63) is 59.8 Å². The van der Waals surface area contributed by atoms with Crippen LogP contribution in [0, 0.1) is 35.0 Å². The predicted octanol–water partition coefficient (Wildman–Crippen LogP) is 4.80. The third kappa shape index (κ3) is 4.65. The number of hydrogen-bond donors (Lipinski definition) is 2. The molecule has 2 saturated carbocycles. The average molecular weight is 553 g/mol. The zero-order chi connectivity index (χ0) is 29.5. The highest BCUT2D eigenvalue weighted by molar-refractivity contribution is 6.00. The van der Waals surface area contributed by atoms with Gasteiger partial charge in [-0.1, -0.05) is 77.2 Å². The van der Waals surface area contributed by atoms with Crippen LogP contribution >= 0.6 is 0 Å². The maximum atomic E-state index is 13.2. The molecular formula is C33H44O7. The van der Waals surface area contributed by atoms with Crippen molar-refractivity contribution in [1.29, 1.82) is 0 Å². The number of esters is 2. The Morgan fingerprint density at radius 3 is 2.45 bits per heavy atom. The highest BCUT2D eigenvalue weighted by Gasteiger charge is 2.87. The molecule has 0 amide bonds. The van der Waals surface area contributed by atoms with Gasteiger partial charge in [-0.05, 0) is 37.3 Å². The lowest BCUT2D eigenvalue weighted by Gasteiger charge is -2.52. The second-order valence-corrected chi connectivity index (χ2v) is 12.4. The number of fused-ring (bicyclic) bond motifs is 5. The molecule has 7 heteroatoms. The van der Waals surface area contributed by atoms with Gasteiger partial charge < -0.3 is 19.7 Å². The van der Waals surface area contributed by atoms with E-state index in [4.69, 9.17) is 9.47 Å². The van der Waals surface area contributed by atoms with Gasteiger partial charge >= 0.3 is 11.9 Å². The van der Waals surface area contributed by atoms with E-state index < -0.39 is 52.4 Å². The third-order valence-electron chi connectivity index (χ3n) is 9.80. The highest BCUT2D eigenvalue weighted by Crippen LogP contribution is 2.77. The Morgan fingerprint density at radius 1 is 1.10 bits per heavy atom. The van der Waals surface area contributed by atoms with Crippen LogP contribution in [0.5, 0.6) is 0 Å². The van der Waals surface area contributed by atoms with Crippen LogP contribution in [0.2, 0.25) is 0 Å². The van der Waals surface area contributed by atoms with Crippen LogP contribution in [0.1, 0.15) is 67.2 Å². The zero-order valence-corrected chi connectivity index (χ0v) is 24.6. The Labute approximate surface area is 237 Å². The van der Waals surface area contributed by atoms with E-state index in [0.29, 0.717) is 24.0 Å². The van der Waals surface area contributed by atoms with Crippen molar-refractivity contribution >= 4 is 17.7 Å². The maximum absolute atomic E-state index is 13.2. The van der Waals surface area contributed by atoms with E-state index in [9.17, 15) is 24.6 Å². The van der Waals surface area contributed by atoms with E-state index in [1.54, 1.807) is 19.1 Å². The lowest BCUT2D eigenvalue weighted by Crippen LogP contribution is -2.63. The Morgan fingerprint density at radius 2 is 1.80 bits per heavy atom. The van der Waals surface area contributed by atoms with Crippen LogP contribution in [-0.4, -0.2) is 51.8 Å². The summed E-state index contributed by atoms with van der Waals surface area (Å²) in [6.45, 7) is 11.2. The van der Waals surface area contributed by atoms with Crippen molar-refractivity contribution in [2.45, 2.75) is 84.5 Å². The molecule has 2 fully saturated rings. The van der Waals surface area contributed by atoms with E-state index in [1.807, 2.05) is 65.0 Å². The standard InChI is InChI=1S/C33H44O7/c1-7-9-10-11-12-13-15-26(35)39-30-21(4)32(38)24-16-20(3)28(37)23(24)17-22(19-34)18-25(32)29-31(5,6)33(29,30)40-27(36)14-8-2/h9-13,15-16,18,21,23-25,29-30,34,38H,7-8,14,17,19H2,1-6H3/b10-9+,12-11+,15-13?/t21-,23-,24-,25+,29-,30-,32+,33-/m1/s1. The number of hydrogen-bond acceptors (Lipinski definition) is 7. The molecule has 0 saturated heterocycles. The summed E-state index contributed by atoms with van der Waals surface area (Å²) in [7, 11) is 0. The third-order valence-corrected chi connectivity index (χ3v) is 9.80. The number of aliphatic hydroxyl groups excluding tert-OH is 1. The minimum Gasteiger partial charge on any atom is -0.455 e. The van der Waals surface area contributed by atoms with Crippen LogP contribution in [0.3, 0.4) is 0 Å². The fourth-order valence-electron chi connectivity index (χ4n) is 7.84. The van der Waals surface area contributed by atoms with Gasteiger partial charge in [-0.3, -0.25) is 9.59 Å². The smallest absolute Gasteiger partial charge is 0.331 e. The summed E-state index contributed by atoms with van der Waals surface area (Å²) in [6.07, 6.45) is 15.3. The van der Waals surface area contributed by atoms with E-state index in [-0.39, 0.29) is 30.7 Å². The molecule has 0 aromatic rings. The average Bonchev–Trinajstić information content (AvgIpc) is 3.30. The summed E-state index contributed by atoms with van der Waals surface area (Å²) in [5.74, 6) is -3.61. The minimum absolute atomic E-state index is 0.0349. The monoisotopic (exact) mass is 552 g/mol. The summed E-state index contributed by atoms with van der Waals surface area (Å²) in [5.41, 5.74) is -1.98. The summed E-state index contributed by atoms with van der Waals surface area (Å²) in [4.78, 5) is 39.3. The lowest BCUT2D eigenvalue weighted by molar-refractivity contribution is -0.218. The van der Waals surface area contributed by atoms with Gasteiger partial charge in [-0.25, -0.2) is 4.79 Å². The Balaban J connectivity index is 1.79. The fraction of sp³-hybridized carbons (Fsp3) is 0.606. The van der Waals surface area contributed by atoms with Crippen LogP contribution in [0.25, 0.3) is 0 Å². The quantitative estimate of drug-likeness (QED) is 0.183. The van der Waals surface area contributed by atoms with E-state index in [0.717, 1.165) is 6.42 Å². The molecule has 0 aromatic carbocycles. The first-order valence-electron chi connectivity index (χ1n) is 14.6. The molecule has 40 heavy (non-hydrogen) atoms. The van der Waals surface area contributed by atoms with E-state index >= 15 is 0 Å². The molecule has 218 valence electrons. The molecule has 0 heterocycles. The molecule has 0 bridgehead atoms. The SMILES string of the molecule is CC/C=C/C=C/C=CC(=O)O[C@@H]1[C@@H](C)[C@]2(O)[C@@H]3C=C(C)C(=O)[C@@H]3CC(CO)=C[C@H]2[C@@H]2C(C)(C)[C@]12OC(=O)CCC. The molecule has 2 N–H and O–H groups in total. The number of ketones is 1. The molecule has 8 atom stereocenters. The normalized spacial score (nSPS) is 38.0. The molecule has 4 aliphatic carbocycles. The van der Waals surface area contributed by atoms with Gasteiger partial charge in [-0.15, -0.1) is 0 Å². The number of carbonyl (C=O) groups excluding carboxylic acids is 3. The van der Waals surface area contributed by atoms with E-state index in [1.165, 1.54) is 6.08 Å². The minimum atomic E-state index is -1.46. The zero-order valence-electron chi connectivity index (χ0n) is 24.6. The van der Waals surface area contributed by atoms with Crippen LogP contribution in [0.15, 0.2) is 59.8 Å². The molecule has 0 aromatic heterocycles. The van der Waals surface area contributed by atoms with Gasteiger partial charge in [0.2, 0.25) is 0 Å². The predicted molar refractivity (Wildman–Crippen MR) is 152 cm³/mol. The Bertz CT molecular complexity index is 1190. The van der Waals surface area contributed by atoms with Crippen molar-refractivity contribution in [3.8, 4) is 0 Å². The summed E-state index contributed by atoms with van der Waals surface area (Å²) in [5, 5.41) is 22.9. The van der Waals surface area contributed by atoms with Crippen LogP contribution in [-0.2, 0) is 23.9 Å². The van der Waals surface area contributed by atoms with Crippen molar-refractivity contribution in [1.82, 2.24) is 0 Å². The van der Waals surface area contributed by atoms with Crippen LogP contribution < -0.4 is 0 Å². The van der Waals surface area contributed by atoms with Crippen molar-refractivity contribution < 1.29 is 34.1 Å². The van der Waals surface area contributed by atoms with Gasteiger partial charge in [-0.2, -0.15) is 0 Å². The Hall–Kier alpha value is -2.77. The molecule has 4 aliphatic rings. The number of Topliss-reactive ketones (excluding diaryl/α,β-unsaturated/α-hetero) is 1. The molecule has 0 aliphatic heterocycles. The van der Waals surface area contributed by atoms with Gasteiger partial charge in [0.05, 0.1) is 12.2 Å². The first-order valence-corrected chi connectivity index (χ1v) is 14.6. The van der Waals surface area contributed by atoms with Gasteiger partial charge in [0.1, 0.15) is 6.10 Å². The first-order chi connectivity index (χ1) is 18.9. The number of allylic oxidation sites excluding steroid dienone is 6. The molecule has 4 rings (SSSR count). The van der Waals surface area contributed by atoms with Gasteiger partial charge in [0, 0.05) is 47.5 Å². The lowest BCUT2D eigenvalue weighted by atomic mass is 9.60. The topological polar surface area (TPSA) is 110 Å². The number of ether oxygens (including phenoxy) is 2. The Kier molecular flexibility index (Phi) is 8.49. The fourth-order valence-corrected chi connectivity index (χ4v) is 7.84. The van der Waals surface area contributed by atoms with Crippen molar-refractivity contribution in [3.63, 3.8) is 0 Å². The van der Waals surface area contributed by atoms with Crippen molar-refractivity contribution in [2.75, 3.05) is 6.61 Å². The van der Waals surface area contributed by atoms with Gasteiger partial charge in [0.25, 0.3) is 0 Å². The molecule has 7 nitrogen and oxygen atoms in total. The van der Waals surface area contributed by atoms with Gasteiger partial charge in [0.15, 0.2) is 11.4 Å². The summed E-state index contributed by atoms with van der Waals surface area (Å²) in [6, 6.07) is 0. The van der Waals surface area contributed by atoms with E-state index in [2.05, 4.69) is 0 Å². The summed E-state index contributed by atoms with van der Waals surface area (Å²) >= 11 is 0. The second-order valence-electron chi connectivity index (χ2n) is 12.4.